The fourth-order valence-electron chi connectivity index (χ4n) is 0.668. The molecule has 0 aliphatic heterocycles. The Balaban J connectivity index is -0.000000240. The van der Waals surface area contributed by atoms with Crippen LogP contribution in [0.5, 0.6) is 0 Å². The van der Waals surface area contributed by atoms with Gasteiger partial charge in [0.05, 0.1) is 5.97 Å². The second-order valence-corrected chi connectivity index (χ2v) is 2.27. The first-order valence-corrected chi connectivity index (χ1v) is 3.16. The summed E-state index contributed by atoms with van der Waals surface area (Å²) in [5, 5.41) is 38.6. The van der Waals surface area contributed by atoms with Gasteiger partial charge in [-0.1, -0.05) is 0 Å². The maximum absolute atomic E-state index is 10.1. The zero-order valence-electron chi connectivity index (χ0n) is 9.26. The third-order valence-corrected chi connectivity index (χ3v) is 1.31. The predicted octanol–water partition coefficient (Wildman–Crippen LogP) is -14.4. The van der Waals surface area contributed by atoms with Gasteiger partial charge >= 0.3 is 88.7 Å². The number of hydrogen-bond donors (Lipinski definition) is 1. The summed E-state index contributed by atoms with van der Waals surface area (Å²) in [4.78, 5) is 30.0. The van der Waals surface area contributed by atoms with E-state index in [0.717, 1.165) is 0 Å². The predicted molar refractivity (Wildman–Crippen MR) is 29.1 cm³/mol. The number of hydrogen-bond acceptors (Lipinski definition) is 7. The minimum absolute atomic E-state index is 0. The maximum atomic E-state index is 10.1. The molecule has 0 amide bonds. The minimum atomic E-state index is -2.41. The first-order chi connectivity index (χ1) is 5.86. The molecule has 7 nitrogen and oxygen atoms in total. The van der Waals surface area contributed by atoms with Crippen molar-refractivity contribution in [3.63, 3.8) is 0 Å². The van der Waals surface area contributed by atoms with Crippen LogP contribution >= 0.6 is 0 Å². The molecule has 1 unspecified atom stereocenters. The fourth-order valence-corrected chi connectivity index (χ4v) is 0.668. The molecule has 0 saturated heterocycles. The SMILES string of the molecule is O=C([O-])C[C@H](C(=O)[O-])C(O)C(=O)[O-].[Na+].[Na+].[Na+]. The van der Waals surface area contributed by atoms with Gasteiger partial charge in [0.15, 0.2) is 0 Å². The second kappa shape index (κ2) is 12.8. The van der Waals surface area contributed by atoms with E-state index in [1.807, 2.05) is 0 Å². The largest absolute Gasteiger partial charge is 1.00 e. The van der Waals surface area contributed by atoms with Crippen LogP contribution in [-0.4, -0.2) is 29.1 Å². The summed E-state index contributed by atoms with van der Waals surface area (Å²) in [7, 11) is 0. The average Bonchev–Trinajstić information content (AvgIpc) is 1.97. The fraction of sp³-hybridized carbons (Fsp3) is 0.500. The first-order valence-electron chi connectivity index (χ1n) is 3.16. The summed E-state index contributed by atoms with van der Waals surface area (Å²) in [6.07, 6.45) is -3.56. The van der Waals surface area contributed by atoms with Gasteiger partial charge in [0, 0.05) is 17.9 Å². The van der Waals surface area contributed by atoms with Gasteiger partial charge in [-0.3, -0.25) is 0 Å². The Morgan fingerprint density at radius 3 is 1.50 bits per heavy atom. The molecule has 16 heavy (non-hydrogen) atoms. The molecule has 0 saturated carbocycles. The van der Waals surface area contributed by atoms with Crippen molar-refractivity contribution in [2.24, 2.45) is 5.92 Å². The van der Waals surface area contributed by atoms with Crippen molar-refractivity contribution in [2.75, 3.05) is 0 Å². The summed E-state index contributed by atoms with van der Waals surface area (Å²) < 4.78 is 0. The Morgan fingerprint density at radius 2 is 1.31 bits per heavy atom. The molecule has 0 aliphatic carbocycles. The summed E-state index contributed by atoms with van der Waals surface area (Å²) in [6.45, 7) is 0. The van der Waals surface area contributed by atoms with Crippen LogP contribution in [0, 0.1) is 5.92 Å². The number of carboxylic acid groups (broad SMARTS) is 3. The van der Waals surface area contributed by atoms with E-state index in [1.54, 1.807) is 0 Å². The van der Waals surface area contributed by atoms with Gasteiger partial charge < -0.3 is 34.8 Å². The average molecular weight is 258 g/mol. The number of carbonyl (C=O) groups excluding carboxylic acids is 3. The van der Waals surface area contributed by atoms with E-state index in [2.05, 4.69) is 0 Å². The molecule has 0 fully saturated rings. The topological polar surface area (TPSA) is 141 Å². The third kappa shape index (κ3) is 10.5. The van der Waals surface area contributed by atoms with Gasteiger partial charge in [-0.2, -0.15) is 0 Å². The van der Waals surface area contributed by atoms with E-state index in [-0.39, 0.29) is 88.7 Å². The van der Waals surface area contributed by atoms with Crippen LogP contribution in [0.2, 0.25) is 0 Å². The Hall–Kier alpha value is 1.37. The van der Waals surface area contributed by atoms with Crippen LogP contribution in [0.3, 0.4) is 0 Å². The zero-order valence-corrected chi connectivity index (χ0v) is 15.3. The smallest absolute Gasteiger partial charge is 0.550 e. The Kier molecular flexibility index (Phi) is 20.9. The van der Waals surface area contributed by atoms with Crippen molar-refractivity contribution < 1.29 is 123 Å². The molecule has 0 bridgehead atoms. The summed E-state index contributed by atoms with van der Waals surface area (Å²) >= 11 is 0. The van der Waals surface area contributed by atoms with E-state index in [9.17, 15) is 29.7 Å². The van der Waals surface area contributed by atoms with Gasteiger partial charge in [0.2, 0.25) is 0 Å². The van der Waals surface area contributed by atoms with E-state index < -0.39 is 36.4 Å². The van der Waals surface area contributed by atoms with Crippen LogP contribution in [0.1, 0.15) is 6.42 Å². The monoisotopic (exact) mass is 258 g/mol. The summed E-state index contributed by atoms with van der Waals surface area (Å²) in [5.74, 6) is -7.92. The minimum Gasteiger partial charge on any atom is -0.550 e. The first kappa shape index (κ1) is 26.0. The molecule has 74 valence electrons. The van der Waals surface area contributed by atoms with E-state index in [4.69, 9.17) is 5.11 Å². The number of rotatable bonds is 5. The molecule has 1 N–H and O–H groups in total. The van der Waals surface area contributed by atoms with Crippen molar-refractivity contribution >= 4 is 17.9 Å². The van der Waals surface area contributed by atoms with E-state index in [0.29, 0.717) is 0 Å². The van der Waals surface area contributed by atoms with Gasteiger partial charge in [0.25, 0.3) is 0 Å². The zero-order chi connectivity index (χ0) is 10.6. The molecule has 0 spiro atoms. The third-order valence-electron chi connectivity index (χ3n) is 1.31. The number of aliphatic carboxylic acids is 3. The molecule has 0 heterocycles. The molecule has 2 atom stereocenters. The van der Waals surface area contributed by atoms with Crippen LogP contribution in [0.4, 0.5) is 0 Å². The van der Waals surface area contributed by atoms with Crippen LogP contribution < -0.4 is 104 Å². The Morgan fingerprint density at radius 1 is 0.938 bits per heavy atom. The quantitative estimate of drug-likeness (QED) is 0.482. The van der Waals surface area contributed by atoms with E-state index in [1.165, 1.54) is 0 Å². The van der Waals surface area contributed by atoms with Crippen molar-refractivity contribution in [1.29, 1.82) is 0 Å². The van der Waals surface area contributed by atoms with Crippen LogP contribution in [0.25, 0.3) is 0 Å². The van der Waals surface area contributed by atoms with Crippen molar-refractivity contribution in [2.45, 2.75) is 12.5 Å². The number of aliphatic hydroxyl groups excluding tert-OH is 1. The number of carboxylic acids is 3. The summed E-state index contributed by atoms with van der Waals surface area (Å²) in [5.41, 5.74) is 0. The molecular formula is C6H5Na3O7. The molecule has 0 aromatic heterocycles. The number of aliphatic hydroxyl groups is 1. The van der Waals surface area contributed by atoms with E-state index >= 15 is 0 Å². The normalized spacial score (nSPS) is 11.8. The van der Waals surface area contributed by atoms with Gasteiger partial charge in [-0.15, -0.1) is 0 Å². The van der Waals surface area contributed by atoms with Gasteiger partial charge in [0.1, 0.15) is 6.10 Å². The van der Waals surface area contributed by atoms with Crippen molar-refractivity contribution in [1.82, 2.24) is 0 Å². The van der Waals surface area contributed by atoms with Gasteiger partial charge in [-0.05, 0) is 6.42 Å². The molecule has 0 radical (unpaired) electrons. The molecule has 10 heteroatoms. The molecule has 0 aliphatic rings. The molecular weight excluding hydrogens is 253 g/mol. The van der Waals surface area contributed by atoms with Crippen molar-refractivity contribution in [3.8, 4) is 0 Å². The maximum Gasteiger partial charge on any atom is 1.00 e. The second-order valence-electron chi connectivity index (χ2n) is 2.27. The summed E-state index contributed by atoms with van der Waals surface area (Å²) in [6, 6.07) is 0. The van der Waals surface area contributed by atoms with Crippen LogP contribution in [0.15, 0.2) is 0 Å². The molecule has 0 aromatic carbocycles. The number of carbonyl (C=O) groups is 3. The molecule has 0 aromatic rings. The Bertz CT molecular complexity index is 244. The standard InChI is InChI=1S/C6H8O7.3Na/c7-3(8)1-2(5(10)11)4(9)6(12)13;;;/h2,4,9H,1H2,(H,7,8)(H,10,11)(H,12,13);;;/q;3*+1/p-3/t2-,4?;;;/m0.../s1. The van der Waals surface area contributed by atoms with Gasteiger partial charge in [-0.25, -0.2) is 0 Å². The van der Waals surface area contributed by atoms with Crippen LogP contribution in [-0.2, 0) is 14.4 Å². The van der Waals surface area contributed by atoms with Crippen molar-refractivity contribution in [3.05, 3.63) is 0 Å². The Labute approximate surface area is 157 Å². The molecule has 0 rings (SSSR count).